The zero-order chi connectivity index (χ0) is 41.4. The molecule has 0 fully saturated rings. The van der Waals surface area contributed by atoms with Crippen LogP contribution in [0.25, 0.3) is 0 Å². The minimum absolute atomic E-state index is 0.0815. The van der Waals surface area contributed by atoms with Crippen molar-refractivity contribution in [3.05, 3.63) is 60.8 Å². The van der Waals surface area contributed by atoms with Crippen LogP contribution in [-0.2, 0) is 37.5 Å². The van der Waals surface area contributed by atoms with Crippen LogP contribution in [0.5, 0.6) is 0 Å². The zero-order valence-corrected chi connectivity index (χ0v) is 35.6. The first-order chi connectivity index (χ1) is 27.1. The fourth-order valence-corrected chi connectivity index (χ4v) is 6.12. The van der Waals surface area contributed by atoms with E-state index in [0.717, 1.165) is 64.2 Å². The molecule has 12 heteroatoms. The van der Waals surface area contributed by atoms with E-state index in [9.17, 15) is 23.8 Å². The highest BCUT2D eigenvalue weighted by Crippen LogP contribution is 2.43. The maximum atomic E-state index is 12.6. The van der Waals surface area contributed by atoms with Crippen molar-refractivity contribution in [3.8, 4) is 0 Å². The van der Waals surface area contributed by atoms with Gasteiger partial charge in [0.15, 0.2) is 6.10 Å². The summed E-state index contributed by atoms with van der Waals surface area (Å²) in [7, 11) is -4.73. The van der Waals surface area contributed by atoms with E-state index in [1.807, 2.05) is 12.2 Å². The molecule has 0 saturated heterocycles. The number of esters is 2. The number of carbonyl (C=O) groups is 3. The van der Waals surface area contributed by atoms with Gasteiger partial charge in [0.2, 0.25) is 0 Å². The lowest BCUT2D eigenvalue weighted by Gasteiger charge is -2.20. The smallest absolute Gasteiger partial charge is 0.472 e. The second-order valence-electron chi connectivity index (χ2n) is 14.1. The van der Waals surface area contributed by atoms with Gasteiger partial charge < -0.3 is 25.2 Å². The molecule has 0 spiro atoms. The average molecular weight is 810 g/mol. The first-order valence-corrected chi connectivity index (χ1v) is 22.8. The molecule has 0 aromatic rings. The lowest BCUT2D eigenvalue weighted by molar-refractivity contribution is -0.161. The molecule has 0 aromatic heterocycles. The van der Waals surface area contributed by atoms with Crippen molar-refractivity contribution in [1.29, 1.82) is 0 Å². The quantitative estimate of drug-likeness (QED) is 0.0233. The van der Waals surface area contributed by atoms with Gasteiger partial charge in [-0.2, -0.15) is 0 Å². The van der Waals surface area contributed by atoms with Gasteiger partial charge in [-0.05, 0) is 77.0 Å². The van der Waals surface area contributed by atoms with E-state index in [1.54, 1.807) is 0 Å². The van der Waals surface area contributed by atoms with Crippen molar-refractivity contribution in [2.75, 3.05) is 19.8 Å². The van der Waals surface area contributed by atoms with Crippen LogP contribution in [0.2, 0.25) is 0 Å². The summed E-state index contributed by atoms with van der Waals surface area (Å²) in [5.41, 5.74) is 5.32. The van der Waals surface area contributed by atoms with E-state index in [2.05, 4.69) is 67.0 Å². The fourth-order valence-electron chi connectivity index (χ4n) is 5.34. The van der Waals surface area contributed by atoms with Crippen molar-refractivity contribution in [2.45, 2.75) is 180 Å². The number of carbonyl (C=O) groups excluding carboxylic acids is 2. The first kappa shape index (κ1) is 53.2. The predicted octanol–water partition coefficient (Wildman–Crippen LogP) is 11.2. The van der Waals surface area contributed by atoms with Crippen molar-refractivity contribution >= 4 is 25.7 Å². The van der Waals surface area contributed by atoms with Gasteiger partial charge in [0, 0.05) is 12.8 Å². The number of phosphoric acid groups is 1. The number of hydrogen-bond donors (Lipinski definition) is 3. The summed E-state index contributed by atoms with van der Waals surface area (Å²) in [5.74, 6) is -2.47. The molecule has 0 aliphatic carbocycles. The van der Waals surface area contributed by atoms with E-state index in [0.29, 0.717) is 19.3 Å². The molecule has 0 saturated carbocycles. The molecule has 3 atom stereocenters. The topological polar surface area (TPSA) is 172 Å². The van der Waals surface area contributed by atoms with Gasteiger partial charge in [0.05, 0.1) is 13.2 Å². The maximum Gasteiger partial charge on any atom is 0.472 e. The molecule has 1 unspecified atom stereocenters. The van der Waals surface area contributed by atoms with Crippen LogP contribution in [0.15, 0.2) is 60.8 Å². The molecule has 0 rings (SSSR count). The van der Waals surface area contributed by atoms with Crippen molar-refractivity contribution in [3.63, 3.8) is 0 Å². The van der Waals surface area contributed by atoms with Crippen LogP contribution in [-0.4, -0.2) is 59.9 Å². The second-order valence-corrected chi connectivity index (χ2v) is 15.6. The molecular weight excluding hydrogens is 733 g/mol. The summed E-state index contributed by atoms with van der Waals surface area (Å²) in [6.45, 7) is 2.69. The van der Waals surface area contributed by atoms with Crippen LogP contribution >= 0.6 is 7.82 Å². The van der Waals surface area contributed by atoms with Gasteiger partial charge in [0.1, 0.15) is 12.6 Å². The second kappa shape index (κ2) is 39.0. The number of ether oxygens (including phenoxy) is 2. The molecule has 0 aliphatic rings. The number of carboxylic acid groups (broad SMARTS) is 1. The largest absolute Gasteiger partial charge is 0.480 e. The monoisotopic (exact) mass is 810 g/mol. The third-order valence-electron chi connectivity index (χ3n) is 8.74. The minimum Gasteiger partial charge on any atom is -0.480 e. The zero-order valence-electron chi connectivity index (χ0n) is 34.7. The third-order valence-corrected chi connectivity index (χ3v) is 9.69. The molecular formula is C44H76NO10P. The van der Waals surface area contributed by atoms with Gasteiger partial charge in [-0.3, -0.25) is 23.4 Å². The Kier molecular flexibility index (Phi) is 37.1. The Hall–Kier alpha value is -2.82. The van der Waals surface area contributed by atoms with Gasteiger partial charge in [-0.25, -0.2) is 4.57 Å². The standard InChI is InChI=1S/C44H76NO10P/c1-3-5-7-9-11-13-15-17-19-20-22-24-26-28-30-32-34-36-43(47)55-40(38-53-56(50,51)54-39-41(45)44(48)49)37-52-42(46)35-33-31-29-27-25-23-21-18-16-14-12-10-8-6-4-2/h11,13,17-19,21-22,24,28,30,40-41H,3-10,12,14-16,20,23,25-27,29,31-39,45H2,1-2H3,(H,48,49)(H,50,51)/b13-11-,19-17-,21-18-,24-22-,30-28-/t40-,41+/m1/s1. The number of rotatable bonds is 39. The Bertz CT molecular complexity index is 1180. The Balaban J connectivity index is 4.50. The van der Waals surface area contributed by atoms with Gasteiger partial charge in [-0.15, -0.1) is 0 Å². The molecule has 0 bridgehead atoms. The number of nitrogens with two attached hydrogens (primary N) is 1. The summed E-state index contributed by atoms with van der Waals surface area (Å²) < 4.78 is 32.6. The fraction of sp³-hybridized carbons (Fsp3) is 0.705. The molecule has 0 aliphatic heterocycles. The minimum atomic E-state index is -4.73. The van der Waals surface area contributed by atoms with Crippen molar-refractivity contribution in [2.24, 2.45) is 5.73 Å². The van der Waals surface area contributed by atoms with E-state index >= 15 is 0 Å². The maximum absolute atomic E-state index is 12.6. The Labute approximate surface area is 338 Å². The summed E-state index contributed by atoms with van der Waals surface area (Å²) in [4.78, 5) is 45.9. The number of aliphatic carboxylic acids is 1. The van der Waals surface area contributed by atoms with Crippen LogP contribution < -0.4 is 5.73 Å². The summed E-state index contributed by atoms with van der Waals surface area (Å²) in [6, 6.07) is -1.53. The summed E-state index contributed by atoms with van der Waals surface area (Å²) in [5, 5.41) is 8.88. The molecule has 0 aromatic carbocycles. The third kappa shape index (κ3) is 38.1. The van der Waals surface area contributed by atoms with Crippen molar-refractivity contribution in [1.82, 2.24) is 0 Å². The summed E-state index contributed by atoms with van der Waals surface area (Å²) in [6.07, 6.45) is 44.3. The van der Waals surface area contributed by atoms with Gasteiger partial charge >= 0.3 is 25.7 Å². The SMILES string of the molecule is CCCCC/C=C\C/C=C\C/C=C\C/C=C\CCCC(=O)O[C@H](COC(=O)CCCCCCC/C=C\CCCCCCCC)COP(=O)(O)OC[C@H](N)C(=O)O. The predicted molar refractivity (Wildman–Crippen MR) is 226 cm³/mol. The van der Waals surface area contributed by atoms with E-state index in [4.69, 9.17) is 24.8 Å². The van der Waals surface area contributed by atoms with Crippen LogP contribution in [0.1, 0.15) is 168 Å². The molecule has 0 amide bonds. The summed E-state index contributed by atoms with van der Waals surface area (Å²) >= 11 is 0. The first-order valence-electron chi connectivity index (χ1n) is 21.3. The van der Waals surface area contributed by atoms with E-state index < -0.39 is 51.1 Å². The molecule has 0 radical (unpaired) electrons. The highest BCUT2D eigenvalue weighted by Gasteiger charge is 2.28. The van der Waals surface area contributed by atoms with Crippen molar-refractivity contribution < 1.29 is 47.5 Å². The van der Waals surface area contributed by atoms with Crippen LogP contribution in [0.3, 0.4) is 0 Å². The van der Waals surface area contributed by atoms with Gasteiger partial charge in [-0.1, -0.05) is 139 Å². The van der Waals surface area contributed by atoms with Crippen LogP contribution in [0, 0.1) is 0 Å². The Morgan fingerprint density at radius 3 is 1.52 bits per heavy atom. The lowest BCUT2D eigenvalue weighted by Crippen LogP contribution is -2.34. The molecule has 4 N–H and O–H groups in total. The number of allylic oxidation sites excluding steroid dienone is 10. The van der Waals surface area contributed by atoms with E-state index in [-0.39, 0.29) is 19.4 Å². The number of hydrogen-bond acceptors (Lipinski definition) is 9. The molecule has 56 heavy (non-hydrogen) atoms. The number of phosphoric ester groups is 1. The Morgan fingerprint density at radius 1 is 0.554 bits per heavy atom. The lowest BCUT2D eigenvalue weighted by atomic mass is 10.1. The highest BCUT2D eigenvalue weighted by atomic mass is 31.2. The number of unbranched alkanes of at least 4 members (excludes halogenated alkanes) is 15. The van der Waals surface area contributed by atoms with E-state index in [1.165, 1.54) is 57.8 Å². The molecule has 322 valence electrons. The van der Waals surface area contributed by atoms with Crippen LogP contribution in [0.4, 0.5) is 0 Å². The number of carboxylic acids is 1. The highest BCUT2D eigenvalue weighted by molar-refractivity contribution is 7.47. The molecule has 11 nitrogen and oxygen atoms in total. The average Bonchev–Trinajstić information content (AvgIpc) is 3.17. The van der Waals surface area contributed by atoms with Gasteiger partial charge in [0.25, 0.3) is 0 Å². The Morgan fingerprint density at radius 2 is 0.964 bits per heavy atom. The molecule has 0 heterocycles. The normalized spacial score (nSPS) is 14.4.